The Bertz CT molecular complexity index is 685. The van der Waals surface area contributed by atoms with Crippen molar-refractivity contribution < 1.29 is 14.7 Å². The maximum absolute atomic E-state index is 13.1. The summed E-state index contributed by atoms with van der Waals surface area (Å²) in [5.41, 5.74) is 0.0982. The maximum atomic E-state index is 13.1. The maximum Gasteiger partial charge on any atom is 0.223 e. The van der Waals surface area contributed by atoms with Crippen molar-refractivity contribution in [2.45, 2.75) is 129 Å². The summed E-state index contributed by atoms with van der Waals surface area (Å²) in [7, 11) is 0. The van der Waals surface area contributed by atoms with Gasteiger partial charge < -0.3 is 15.7 Å². The highest BCUT2D eigenvalue weighted by molar-refractivity contribution is 5.79. The average Bonchev–Trinajstić information content (AvgIpc) is 2.82. The van der Waals surface area contributed by atoms with Crippen LogP contribution in [0.15, 0.2) is 0 Å². The Balaban J connectivity index is 1.40. The molecule has 2 amide bonds. The molecule has 5 heteroatoms. The standard InChI is InChI=1S/C28H48N2O3/c1-18(26(32)29-21-12-8-5-9-13-21)22-14-16-28(3)17-15-23(19(2)24(28)25(22)31)30-27(33)20-10-6-4-7-11-20/h18-25,31H,4-17H2,1-3H3,(H,29,32)(H,30,33)/t18-,19+,22-,23-,24+,25-,28-/m0/s1. The van der Waals surface area contributed by atoms with Crippen LogP contribution in [-0.2, 0) is 9.59 Å². The first-order valence-electron chi connectivity index (χ1n) is 14.1. The van der Waals surface area contributed by atoms with Gasteiger partial charge in [0.2, 0.25) is 11.8 Å². The van der Waals surface area contributed by atoms with Gasteiger partial charge in [0.1, 0.15) is 0 Å². The lowest BCUT2D eigenvalue weighted by atomic mass is 9.51. The van der Waals surface area contributed by atoms with Crippen molar-refractivity contribution in [3.05, 3.63) is 0 Å². The van der Waals surface area contributed by atoms with Crippen molar-refractivity contribution in [1.82, 2.24) is 10.6 Å². The lowest BCUT2D eigenvalue weighted by molar-refractivity contribution is -0.145. The van der Waals surface area contributed by atoms with E-state index in [-0.39, 0.29) is 52.9 Å². The lowest BCUT2D eigenvalue weighted by Gasteiger charge is -2.56. The average molecular weight is 461 g/mol. The molecule has 4 fully saturated rings. The van der Waals surface area contributed by atoms with Crippen molar-refractivity contribution >= 4 is 11.8 Å². The summed E-state index contributed by atoms with van der Waals surface area (Å²) in [4.78, 5) is 26.0. The van der Waals surface area contributed by atoms with E-state index in [0.29, 0.717) is 6.04 Å². The van der Waals surface area contributed by atoms with Gasteiger partial charge in [-0.2, -0.15) is 0 Å². The third-order valence-corrected chi connectivity index (χ3v) is 10.2. The van der Waals surface area contributed by atoms with Crippen LogP contribution in [0.1, 0.15) is 111 Å². The lowest BCUT2D eigenvalue weighted by Crippen LogP contribution is -2.59. The fourth-order valence-corrected chi connectivity index (χ4v) is 7.94. The number of rotatable bonds is 5. The normalized spacial score (nSPS) is 39.3. The molecule has 4 aliphatic rings. The van der Waals surface area contributed by atoms with Gasteiger partial charge in [0.15, 0.2) is 0 Å². The summed E-state index contributed by atoms with van der Waals surface area (Å²) in [5, 5.41) is 18.3. The first-order valence-corrected chi connectivity index (χ1v) is 14.1. The SMILES string of the molecule is C[C@H]1[C@@H]2[C@@H](O)[C@H]([C@H](C)C(=O)NC3CCCCC3)CC[C@@]2(C)CC[C@@H]1NC(=O)C1CCCCC1. The van der Waals surface area contributed by atoms with Crippen LogP contribution in [0.25, 0.3) is 0 Å². The number of aliphatic hydroxyl groups excluding tert-OH is 1. The molecule has 0 aromatic rings. The van der Waals surface area contributed by atoms with E-state index in [1.807, 2.05) is 6.92 Å². The molecule has 188 valence electrons. The van der Waals surface area contributed by atoms with Gasteiger partial charge in [0, 0.05) is 23.9 Å². The van der Waals surface area contributed by atoms with Gasteiger partial charge in [-0.3, -0.25) is 9.59 Å². The highest BCUT2D eigenvalue weighted by atomic mass is 16.3. The van der Waals surface area contributed by atoms with Crippen molar-refractivity contribution in [3.63, 3.8) is 0 Å². The highest BCUT2D eigenvalue weighted by Crippen LogP contribution is 2.55. The molecule has 7 atom stereocenters. The van der Waals surface area contributed by atoms with Gasteiger partial charge in [0.25, 0.3) is 0 Å². The molecule has 4 saturated carbocycles. The molecule has 0 heterocycles. The topological polar surface area (TPSA) is 78.4 Å². The molecule has 0 spiro atoms. The minimum absolute atomic E-state index is 0.00177. The van der Waals surface area contributed by atoms with Gasteiger partial charge in [-0.15, -0.1) is 0 Å². The Morgan fingerprint density at radius 1 is 0.879 bits per heavy atom. The van der Waals surface area contributed by atoms with Crippen molar-refractivity contribution in [2.75, 3.05) is 0 Å². The molecular weight excluding hydrogens is 412 g/mol. The van der Waals surface area contributed by atoms with Crippen LogP contribution in [0, 0.1) is 35.0 Å². The molecule has 0 aromatic heterocycles. The minimum atomic E-state index is -0.486. The number of fused-ring (bicyclic) bond motifs is 1. The van der Waals surface area contributed by atoms with Crippen molar-refractivity contribution in [3.8, 4) is 0 Å². The summed E-state index contributed by atoms with van der Waals surface area (Å²) in [6.45, 7) is 6.58. The van der Waals surface area contributed by atoms with E-state index in [9.17, 15) is 14.7 Å². The fourth-order valence-electron chi connectivity index (χ4n) is 7.94. The largest absolute Gasteiger partial charge is 0.392 e. The number of carbonyl (C=O) groups is 2. The number of hydrogen-bond donors (Lipinski definition) is 3. The molecular formula is C28H48N2O3. The zero-order valence-electron chi connectivity index (χ0n) is 21.3. The van der Waals surface area contributed by atoms with Crippen LogP contribution >= 0.6 is 0 Å². The number of nitrogens with one attached hydrogen (secondary N) is 2. The fraction of sp³-hybridized carbons (Fsp3) is 0.929. The molecule has 33 heavy (non-hydrogen) atoms. The summed E-state index contributed by atoms with van der Waals surface area (Å²) in [6.07, 6.45) is 15.0. The predicted octanol–water partition coefficient (Wildman–Crippen LogP) is 4.96. The molecule has 0 unspecified atom stereocenters. The number of amides is 2. The van der Waals surface area contributed by atoms with Gasteiger partial charge in [-0.25, -0.2) is 0 Å². The first-order chi connectivity index (χ1) is 15.8. The Labute approximate surface area is 201 Å². The van der Waals surface area contributed by atoms with E-state index in [1.54, 1.807) is 0 Å². The van der Waals surface area contributed by atoms with Crippen molar-refractivity contribution in [1.29, 1.82) is 0 Å². The summed E-state index contributed by atoms with van der Waals surface area (Å²) < 4.78 is 0. The minimum Gasteiger partial charge on any atom is -0.392 e. The van der Waals surface area contributed by atoms with E-state index >= 15 is 0 Å². The summed E-state index contributed by atoms with van der Waals surface area (Å²) in [6, 6.07) is 0.449. The molecule has 0 saturated heterocycles. The Morgan fingerprint density at radius 2 is 1.48 bits per heavy atom. The van der Waals surface area contributed by atoms with Crippen molar-refractivity contribution in [2.24, 2.45) is 35.0 Å². The second-order valence-electron chi connectivity index (χ2n) is 12.4. The Hall–Kier alpha value is -1.10. The third kappa shape index (κ3) is 5.44. The van der Waals surface area contributed by atoms with Crippen LogP contribution in [-0.4, -0.2) is 35.1 Å². The quantitative estimate of drug-likeness (QED) is 0.543. The van der Waals surface area contributed by atoms with Gasteiger partial charge in [-0.1, -0.05) is 59.3 Å². The second-order valence-corrected chi connectivity index (χ2v) is 12.4. The zero-order valence-corrected chi connectivity index (χ0v) is 21.3. The van der Waals surface area contributed by atoms with Crippen LogP contribution in [0.2, 0.25) is 0 Å². The van der Waals surface area contributed by atoms with E-state index in [0.717, 1.165) is 51.4 Å². The molecule has 0 radical (unpaired) electrons. The monoisotopic (exact) mass is 460 g/mol. The Morgan fingerprint density at radius 3 is 2.15 bits per heavy atom. The van der Waals surface area contributed by atoms with Gasteiger partial charge in [-0.05, 0) is 74.5 Å². The third-order valence-electron chi connectivity index (χ3n) is 10.2. The predicted molar refractivity (Wildman–Crippen MR) is 131 cm³/mol. The summed E-state index contributed by atoms with van der Waals surface area (Å²) >= 11 is 0. The van der Waals surface area contributed by atoms with E-state index in [4.69, 9.17) is 0 Å². The van der Waals surface area contributed by atoms with E-state index < -0.39 is 6.10 Å². The number of aliphatic hydroxyl groups is 1. The molecule has 0 aliphatic heterocycles. The second kappa shape index (κ2) is 10.7. The zero-order chi connectivity index (χ0) is 23.6. The van der Waals surface area contributed by atoms with Crippen LogP contribution in [0.3, 0.4) is 0 Å². The number of hydrogen-bond acceptors (Lipinski definition) is 3. The van der Waals surface area contributed by atoms with Crippen LogP contribution in [0.5, 0.6) is 0 Å². The smallest absolute Gasteiger partial charge is 0.223 e. The van der Waals surface area contributed by atoms with Crippen LogP contribution in [0.4, 0.5) is 0 Å². The van der Waals surface area contributed by atoms with E-state index in [1.165, 1.54) is 38.5 Å². The van der Waals surface area contributed by atoms with Crippen LogP contribution < -0.4 is 10.6 Å². The molecule has 4 rings (SSSR count). The highest BCUT2D eigenvalue weighted by Gasteiger charge is 2.54. The Kier molecular flexibility index (Phi) is 8.08. The van der Waals surface area contributed by atoms with Gasteiger partial charge in [0.05, 0.1) is 6.10 Å². The number of carbonyl (C=O) groups excluding carboxylic acids is 2. The molecule has 3 N–H and O–H groups in total. The molecule has 0 bridgehead atoms. The molecule has 4 aliphatic carbocycles. The molecule has 5 nitrogen and oxygen atoms in total. The molecule has 0 aromatic carbocycles. The van der Waals surface area contributed by atoms with E-state index in [2.05, 4.69) is 24.5 Å². The first kappa shape index (κ1) is 25.0. The van der Waals surface area contributed by atoms with Gasteiger partial charge >= 0.3 is 0 Å². The summed E-state index contributed by atoms with van der Waals surface area (Å²) in [5.74, 6) is 0.719.